The van der Waals surface area contributed by atoms with Crippen LogP contribution in [0.5, 0.6) is 5.75 Å². The Kier molecular flexibility index (Phi) is 4.84. The Morgan fingerprint density at radius 2 is 2.35 bits per heavy atom. The fourth-order valence-corrected chi connectivity index (χ4v) is 1.38. The highest BCUT2D eigenvalue weighted by Crippen LogP contribution is 2.25. The summed E-state index contributed by atoms with van der Waals surface area (Å²) in [6.07, 6.45) is 1.69. The smallest absolute Gasteiger partial charge is 0.335 e. The van der Waals surface area contributed by atoms with Crippen LogP contribution in [0.4, 0.5) is 0 Å². The average Bonchev–Trinajstić information content (AvgIpc) is 2.30. The van der Waals surface area contributed by atoms with Gasteiger partial charge >= 0.3 is 5.97 Å². The molecule has 17 heavy (non-hydrogen) atoms. The van der Waals surface area contributed by atoms with Gasteiger partial charge in [-0.05, 0) is 24.4 Å². The molecule has 0 aromatic heterocycles. The van der Waals surface area contributed by atoms with Crippen molar-refractivity contribution >= 4 is 17.6 Å². The Morgan fingerprint density at radius 3 is 2.88 bits per heavy atom. The number of carboxylic acids is 1. The first-order chi connectivity index (χ1) is 8.04. The molecular formula is C12H14ClNO3. The van der Waals surface area contributed by atoms with Crippen LogP contribution in [0, 0.1) is 0 Å². The van der Waals surface area contributed by atoms with Crippen molar-refractivity contribution in [1.29, 1.82) is 0 Å². The number of nitrogens with zero attached hydrogens (tertiary/aromatic N) is 1. The fraction of sp³-hybridized carbons (Fsp3) is 0.250. The molecule has 5 heteroatoms. The van der Waals surface area contributed by atoms with Crippen LogP contribution in [-0.4, -0.2) is 36.2 Å². The predicted octanol–water partition coefficient (Wildman–Crippen LogP) is 2.49. The highest BCUT2D eigenvalue weighted by atomic mass is 35.5. The van der Waals surface area contributed by atoms with Crippen LogP contribution in [0.1, 0.15) is 10.4 Å². The Morgan fingerprint density at radius 1 is 1.65 bits per heavy atom. The van der Waals surface area contributed by atoms with E-state index in [-0.39, 0.29) is 5.56 Å². The topological polar surface area (TPSA) is 49.8 Å². The second-order valence-corrected chi connectivity index (χ2v) is 3.87. The number of benzene rings is 1. The van der Waals surface area contributed by atoms with Crippen molar-refractivity contribution in [3.8, 4) is 5.75 Å². The van der Waals surface area contributed by atoms with Crippen molar-refractivity contribution in [2.45, 2.75) is 0 Å². The minimum atomic E-state index is -1.01. The Bertz CT molecular complexity index is 420. The Labute approximate surface area is 105 Å². The molecule has 0 aliphatic rings. The largest absolute Gasteiger partial charge is 0.490 e. The van der Waals surface area contributed by atoms with Gasteiger partial charge in [-0.25, -0.2) is 4.79 Å². The average molecular weight is 256 g/mol. The van der Waals surface area contributed by atoms with Gasteiger partial charge in [-0.15, -0.1) is 0 Å². The summed E-state index contributed by atoms with van der Waals surface area (Å²) in [7, 11) is 1.88. The molecule has 0 fully saturated rings. The number of hydrogen-bond donors (Lipinski definition) is 1. The third-order valence-corrected chi connectivity index (χ3v) is 2.49. The van der Waals surface area contributed by atoms with E-state index in [4.69, 9.17) is 21.4 Å². The van der Waals surface area contributed by atoms with Gasteiger partial charge in [0.05, 0.1) is 17.1 Å². The van der Waals surface area contributed by atoms with Crippen LogP contribution in [-0.2, 0) is 0 Å². The minimum Gasteiger partial charge on any atom is -0.490 e. The summed E-state index contributed by atoms with van der Waals surface area (Å²) in [5.74, 6) is -0.529. The zero-order chi connectivity index (χ0) is 12.8. The van der Waals surface area contributed by atoms with E-state index in [1.807, 2.05) is 11.9 Å². The summed E-state index contributed by atoms with van der Waals surface area (Å²) in [6, 6.07) is 4.39. The molecular weight excluding hydrogens is 242 g/mol. The second kappa shape index (κ2) is 6.15. The third-order valence-electron chi connectivity index (χ3n) is 2.19. The molecule has 1 aromatic carbocycles. The van der Waals surface area contributed by atoms with Crippen LogP contribution in [0.2, 0.25) is 5.02 Å². The highest BCUT2D eigenvalue weighted by Gasteiger charge is 2.07. The third kappa shape index (κ3) is 4.00. The molecule has 92 valence electrons. The number of ether oxygens (including phenoxy) is 1. The van der Waals surface area contributed by atoms with E-state index < -0.39 is 5.97 Å². The summed E-state index contributed by atoms with van der Waals surface area (Å²) in [4.78, 5) is 12.6. The van der Waals surface area contributed by atoms with Crippen molar-refractivity contribution in [3.05, 3.63) is 41.6 Å². The molecule has 4 nitrogen and oxygen atoms in total. The SMILES string of the molecule is C=CN(C)CCOc1ccc(C(=O)O)cc1Cl. The Balaban J connectivity index is 2.60. The van der Waals surface area contributed by atoms with Crippen LogP contribution in [0.25, 0.3) is 0 Å². The van der Waals surface area contributed by atoms with Crippen LogP contribution in [0.3, 0.4) is 0 Å². The maximum absolute atomic E-state index is 10.7. The molecule has 1 rings (SSSR count). The summed E-state index contributed by atoms with van der Waals surface area (Å²) < 4.78 is 5.43. The van der Waals surface area contributed by atoms with E-state index >= 15 is 0 Å². The van der Waals surface area contributed by atoms with E-state index in [2.05, 4.69) is 6.58 Å². The van der Waals surface area contributed by atoms with E-state index in [9.17, 15) is 4.79 Å². The number of rotatable bonds is 6. The molecule has 0 saturated heterocycles. The van der Waals surface area contributed by atoms with Crippen molar-refractivity contribution < 1.29 is 14.6 Å². The highest BCUT2D eigenvalue weighted by molar-refractivity contribution is 6.32. The van der Waals surface area contributed by atoms with Gasteiger partial charge in [-0.1, -0.05) is 18.2 Å². The number of carbonyl (C=O) groups is 1. The van der Waals surface area contributed by atoms with Gasteiger partial charge in [0, 0.05) is 7.05 Å². The molecule has 0 amide bonds. The first-order valence-corrected chi connectivity index (χ1v) is 5.41. The quantitative estimate of drug-likeness (QED) is 0.849. The van der Waals surface area contributed by atoms with Gasteiger partial charge in [-0.3, -0.25) is 0 Å². The lowest BCUT2D eigenvalue weighted by Crippen LogP contribution is -2.18. The zero-order valence-electron chi connectivity index (χ0n) is 9.52. The van der Waals surface area contributed by atoms with Gasteiger partial charge in [-0.2, -0.15) is 0 Å². The molecule has 0 aliphatic carbocycles. The Hall–Kier alpha value is -1.68. The van der Waals surface area contributed by atoms with Gasteiger partial charge < -0.3 is 14.7 Å². The van der Waals surface area contributed by atoms with Crippen molar-refractivity contribution in [3.63, 3.8) is 0 Å². The minimum absolute atomic E-state index is 0.144. The fourth-order valence-electron chi connectivity index (χ4n) is 1.14. The van der Waals surface area contributed by atoms with E-state index in [1.165, 1.54) is 12.1 Å². The predicted molar refractivity (Wildman–Crippen MR) is 66.7 cm³/mol. The lowest BCUT2D eigenvalue weighted by atomic mass is 10.2. The monoisotopic (exact) mass is 255 g/mol. The van der Waals surface area contributed by atoms with Crippen LogP contribution in [0.15, 0.2) is 31.0 Å². The maximum atomic E-state index is 10.7. The first-order valence-electron chi connectivity index (χ1n) is 5.03. The van der Waals surface area contributed by atoms with E-state index in [1.54, 1.807) is 12.3 Å². The molecule has 1 N–H and O–H groups in total. The molecule has 1 aromatic rings. The number of likely N-dealkylation sites (N-methyl/N-ethyl adjacent to an activating group) is 1. The molecule has 0 bridgehead atoms. The number of halogens is 1. The lowest BCUT2D eigenvalue weighted by Gasteiger charge is -2.14. The summed E-state index contributed by atoms with van der Waals surface area (Å²) in [6.45, 7) is 4.75. The maximum Gasteiger partial charge on any atom is 0.335 e. The van der Waals surface area contributed by atoms with Gasteiger partial charge in [0.15, 0.2) is 0 Å². The summed E-state index contributed by atoms with van der Waals surface area (Å²) >= 11 is 5.90. The molecule has 0 heterocycles. The van der Waals surface area contributed by atoms with Crippen molar-refractivity contribution in [2.24, 2.45) is 0 Å². The van der Waals surface area contributed by atoms with E-state index in [0.717, 1.165) is 0 Å². The number of aromatic carboxylic acids is 1. The van der Waals surface area contributed by atoms with E-state index in [0.29, 0.717) is 23.9 Å². The number of carboxylic acid groups (broad SMARTS) is 1. The molecule has 0 unspecified atom stereocenters. The molecule has 0 aliphatic heterocycles. The van der Waals surface area contributed by atoms with Gasteiger partial charge in [0.1, 0.15) is 12.4 Å². The zero-order valence-corrected chi connectivity index (χ0v) is 10.3. The standard InChI is InChI=1S/C12H14ClNO3/c1-3-14(2)6-7-17-11-5-4-9(12(15)16)8-10(11)13/h3-5,8H,1,6-7H2,2H3,(H,15,16). The number of hydrogen-bond acceptors (Lipinski definition) is 3. The normalized spacial score (nSPS) is 9.76. The van der Waals surface area contributed by atoms with Gasteiger partial charge in [0.2, 0.25) is 0 Å². The van der Waals surface area contributed by atoms with Crippen LogP contribution < -0.4 is 4.74 Å². The first kappa shape index (κ1) is 13.4. The van der Waals surface area contributed by atoms with Crippen molar-refractivity contribution in [2.75, 3.05) is 20.2 Å². The molecule has 0 spiro atoms. The molecule has 0 radical (unpaired) electrons. The van der Waals surface area contributed by atoms with Crippen molar-refractivity contribution in [1.82, 2.24) is 4.90 Å². The van der Waals surface area contributed by atoms with Gasteiger partial charge in [0.25, 0.3) is 0 Å². The second-order valence-electron chi connectivity index (χ2n) is 3.46. The summed E-state index contributed by atoms with van der Waals surface area (Å²) in [5.41, 5.74) is 0.144. The molecule has 0 saturated carbocycles. The van der Waals surface area contributed by atoms with Crippen LogP contribution >= 0.6 is 11.6 Å². The molecule has 0 atom stereocenters. The summed E-state index contributed by atoms with van der Waals surface area (Å²) in [5, 5.41) is 9.06. The lowest BCUT2D eigenvalue weighted by molar-refractivity contribution is 0.0697.